The molecule has 86 valence electrons. The molecule has 0 aliphatic carbocycles. The smallest absolute Gasteiger partial charge is 0.410 e. The molecule has 0 aromatic carbocycles. The summed E-state index contributed by atoms with van der Waals surface area (Å²) in [6.07, 6.45) is 0. The molecule has 0 unspecified atom stereocenters. The third-order valence-electron chi connectivity index (χ3n) is 3.10. The van der Waals surface area contributed by atoms with Gasteiger partial charge in [0.2, 0.25) is 8.07 Å². The first kappa shape index (κ1) is 14.1. The van der Waals surface area contributed by atoms with E-state index in [9.17, 15) is 4.79 Å². The lowest BCUT2D eigenvalue weighted by molar-refractivity contribution is -0.139. The van der Waals surface area contributed by atoms with Gasteiger partial charge in [-0.25, -0.2) is 4.79 Å². The van der Waals surface area contributed by atoms with Crippen LogP contribution in [-0.4, -0.2) is 30.8 Å². The highest BCUT2D eigenvalue weighted by Crippen LogP contribution is 2.21. The van der Waals surface area contributed by atoms with Crippen molar-refractivity contribution in [2.45, 2.75) is 45.8 Å². The van der Waals surface area contributed by atoms with Gasteiger partial charge in [0.05, 0.1) is 6.61 Å². The van der Waals surface area contributed by atoms with Gasteiger partial charge in [-0.1, -0.05) is 20.8 Å². The lowest BCUT2D eigenvalue weighted by Crippen LogP contribution is -2.48. The Bertz CT molecular complexity index is 260. The maximum Gasteiger partial charge on any atom is 0.410 e. The Labute approximate surface area is 92.3 Å². The number of rotatable bonds is 6. The van der Waals surface area contributed by atoms with Crippen molar-refractivity contribution in [2.75, 3.05) is 6.61 Å². The second kappa shape index (κ2) is 6.53. The summed E-state index contributed by atoms with van der Waals surface area (Å²) in [6, 6.07) is 2.70. The van der Waals surface area contributed by atoms with Gasteiger partial charge in [-0.3, -0.25) is 0 Å². The molecule has 0 N–H and O–H groups in total. The quantitative estimate of drug-likeness (QED) is 0.230. The average Bonchev–Trinajstić information content (AvgIpc) is 2.26. The van der Waals surface area contributed by atoms with Gasteiger partial charge in [0.25, 0.3) is 0 Å². The standard InChI is InChI=1S/C10H20N2O2Si/c1-5-14-10(13)9(12-11)15(6-2,7-3)8-4/h5-8H2,1-4H3. The van der Waals surface area contributed by atoms with Crippen molar-refractivity contribution < 1.29 is 14.3 Å². The predicted octanol–water partition coefficient (Wildman–Crippen LogP) is 2.27. The number of carbonyl (C=O) groups excluding carboxylic acids is 1. The lowest BCUT2D eigenvalue weighted by atomic mass is 10.7. The van der Waals surface area contributed by atoms with Crippen LogP contribution in [0.15, 0.2) is 0 Å². The molecule has 0 spiro atoms. The third-order valence-corrected chi connectivity index (χ3v) is 8.47. The van der Waals surface area contributed by atoms with Crippen LogP contribution in [0.1, 0.15) is 27.7 Å². The third kappa shape index (κ3) is 3.01. The SMILES string of the molecule is CCOC(=O)C(=[N+]=[N-])[Si](CC)(CC)CC. The van der Waals surface area contributed by atoms with E-state index in [2.05, 4.69) is 4.79 Å². The average molecular weight is 228 g/mol. The van der Waals surface area contributed by atoms with Gasteiger partial charge in [-0.05, 0) is 25.1 Å². The minimum absolute atomic E-state index is 0.289. The van der Waals surface area contributed by atoms with Crippen molar-refractivity contribution in [3.05, 3.63) is 5.53 Å². The van der Waals surface area contributed by atoms with Gasteiger partial charge in [0, 0.05) is 0 Å². The number of ether oxygens (including phenoxy) is 1. The molecule has 0 rings (SSSR count). The number of hydrogen-bond donors (Lipinski definition) is 0. The minimum atomic E-state index is -1.92. The summed E-state index contributed by atoms with van der Waals surface area (Å²) in [5, 5.41) is 0.289. The molecule has 0 fully saturated rings. The zero-order valence-corrected chi connectivity index (χ0v) is 11.0. The number of esters is 1. The van der Waals surface area contributed by atoms with E-state index in [-0.39, 0.29) is 5.33 Å². The lowest BCUT2D eigenvalue weighted by Gasteiger charge is -2.20. The molecular formula is C10H20N2O2Si. The van der Waals surface area contributed by atoms with Crippen LogP contribution >= 0.6 is 0 Å². The molecule has 0 aromatic rings. The molecule has 0 aliphatic heterocycles. The maximum absolute atomic E-state index is 11.6. The second-order valence-electron chi connectivity index (χ2n) is 3.51. The fourth-order valence-corrected chi connectivity index (χ4v) is 5.04. The fourth-order valence-electron chi connectivity index (χ4n) is 1.82. The molecule has 0 radical (unpaired) electrons. The van der Waals surface area contributed by atoms with Gasteiger partial charge in [0.15, 0.2) is 0 Å². The van der Waals surface area contributed by atoms with Gasteiger partial charge in [-0.15, -0.1) is 0 Å². The number of hydrogen-bond acceptors (Lipinski definition) is 2. The van der Waals surface area contributed by atoms with Gasteiger partial charge in [-0.2, -0.15) is 4.79 Å². The highest BCUT2D eigenvalue weighted by molar-refractivity contribution is 7.13. The molecule has 0 heterocycles. The Hall–Kier alpha value is -0.933. The van der Waals surface area contributed by atoms with E-state index in [0.29, 0.717) is 6.61 Å². The molecule has 0 saturated heterocycles. The molecule has 0 bridgehead atoms. The molecule has 4 nitrogen and oxygen atoms in total. The van der Waals surface area contributed by atoms with Crippen LogP contribution < -0.4 is 0 Å². The summed E-state index contributed by atoms with van der Waals surface area (Å²) in [7, 11) is -1.92. The highest BCUT2D eigenvalue weighted by atomic mass is 28.3. The molecule has 15 heavy (non-hydrogen) atoms. The summed E-state index contributed by atoms with van der Waals surface area (Å²) in [6.45, 7) is 8.20. The summed E-state index contributed by atoms with van der Waals surface area (Å²) in [5.74, 6) is -0.447. The fraction of sp³-hybridized carbons (Fsp3) is 0.800. The molecule has 0 aromatic heterocycles. The number of nitrogens with zero attached hydrogens (tertiary/aromatic N) is 2. The molecule has 0 amide bonds. The Morgan fingerprint density at radius 3 is 1.93 bits per heavy atom. The summed E-state index contributed by atoms with van der Waals surface area (Å²) in [5.41, 5.74) is 8.97. The van der Waals surface area contributed by atoms with Crippen molar-refractivity contribution in [2.24, 2.45) is 0 Å². The van der Waals surface area contributed by atoms with E-state index < -0.39 is 14.0 Å². The zero-order chi connectivity index (χ0) is 11.9. The summed E-state index contributed by atoms with van der Waals surface area (Å²) in [4.78, 5) is 14.8. The van der Waals surface area contributed by atoms with Crippen LogP contribution in [-0.2, 0) is 9.53 Å². The van der Waals surface area contributed by atoms with Gasteiger partial charge >= 0.3 is 11.3 Å². The largest absolute Gasteiger partial charge is 0.458 e. The summed E-state index contributed by atoms with van der Waals surface area (Å²) >= 11 is 0. The first-order valence-corrected chi connectivity index (χ1v) is 8.13. The molecule has 5 heteroatoms. The molecule has 0 aliphatic rings. The van der Waals surface area contributed by atoms with E-state index in [1.807, 2.05) is 20.8 Å². The van der Waals surface area contributed by atoms with Crippen LogP contribution in [0.4, 0.5) is 0 Å². The van der Waals surface area contributed by atoms with Crippen molar-refractivity contribution >= 4 is 19.4 Å². The van der Waals surface area contributed by atoms with E-state index in [1.165, 1.54) is 0 Å². The highest BCUT2D eigenvalue weighted by Gasteiger charge is 2.46. The van der Waals surface area contributed by atoms with Gasteiger partial charge < -0.3 is 10.3 Å². The van der Waals surface area contributed by atoms with Crippen LogP contribution in [0.2, 0.25) is 18.1 Å². The zero-order valence-electron chi connectivity index (χ0n) is 10.0. The van der Waals surface area contributed by atoms with E-state index in [0.717, 1.165) is 18.1 Å². The van der Waals surface area contributed by atoms with Crippen LogP contribution in [0.3, 0.4) is 0 Å². The van der Waals surface area contributed by atoms with Crippen molar-refractivity contribution in [3.63, 3.8) is 0 Å². The number of carbonyl (C=O) groups is 1. The normalized spacial score (nSPS) is 10.7. The Kier molecular flexibility index (Phi) is 6.13. The van der Waals surface area contributed by atoms with Gasteiger partial charge in [0.1, 0.15) is 0 Å². The van der Waals surface area contributed by atoms with E-state index in [1.54, 1.807) is 6.92 Å². The van der Waals surface area contributed by atoms with Crippen molar-refractivity contribution in [1.29, 1.82) is 0 Å². The maximum atomic E-state index is 11.6. The topological polar surface area (TPSA) is 62.7 Å². The van der Waals surface area contributed by atoms with E-state index in [4.69, 9.17) is 10.3 Å². The van der Waals surface area contributed by atoms with Crippen LogP contribution in [0, 0.1) is 0 Å². The Morgan fingerprint density at radius 2 is 1.67 bits per heavy atom. The molecule has 0 saturated carbocycles. The Morgan fingerprint density at radius 1 is 1.20 bits per heavy atom. The van der Waals surface area contributed by atoms with Crippen molar-refractivity contribution in [3.8, 4) is 0 Å². The first-order chi connectivity index (χ1) is 7.11. The van der Waals surface area contributed by atoms with E-state index >= 15 is 0 Å². The van der Waals surface area contributed by atoms with Crippen molar-refractivity contribution in [1.82, 2.24) is 0 Å². The van der Waals surface area contributed by atoms with Crippen LogP contribution in [0.5, 0.6) is 0 Å². The van der Waals surface area contributed by atoms with Crippen LogP contribution in [0.25, 0.3) is 5.53 Å². The second-order valence-corrected chi connectivity index (χ2v) is 8.67. The predicted molar refractivity (Wildman–Crippen MR) is 62.5 cm³/mol. The Balaban J connectivity index is 5.09. The minimum Gasteiger partial charge on any atom is -0.458 e. The monoisotopic (exact) mass is 228 g/mol. The summed E-state index contributed by atoms with van der Waals surface area (Å²) < 4.78 is 4.91. The molecular weight excluding hydrogens is 208 g/mol. The first-order valence-electron chi connectivity index (χ1n) is 5.51. The molecule has 0 atom stereocenters.